The van der Waals surface area contributed by atoms with Crippen molar-refractivity contribution in [3.63, 3.8) is 0 Å². The Hall–Kier alpha value is -1.52. The molecule has 3 nitrogen and oxygen atoms in total. The maximum atomic E-state index is 11.9. The summed E-state index contributed by atoms with van der Waals surface area (Å²) in [6, 6.07) is 11.6. The topological polar surface area (TPSA) is 35.5 Å². The van der Waals surface area contributed by atoms with Gasteiger partial charge in [-0.25, -0.2) is 4.79 Å². The van der Waals surface area contributed by atoms with Gasteiger partial charge in [0.2, 0.25) is 0 Å². The number of carbonyl (C=O) groups excluding carboxylic acids is 1. The van der Waals surface area contributed by atoms with Gasteiger partial charge < -0.3 is 9.47 Å². The zero-order valence-electron chi connectivity index (χ0n) is 10.0. The Bertz CT molecular complexity index is 596. The van der Waals surface area contributed by atoms with E-state index in [2.05, 4.69) is 15.9 Å². The molecule has 0 fully saturated rings. The van der Waals surface area contributed by atoms with Crippen molar-refractivity contribution in [3.8, 4) is 11.5 Å². The lowest BCUT2D eigenvalue weighted by Crippen LogP contribution is -2.08. The number of methoxy groups -OCH3 is 1. The van der Waals surface area contributed by atoms with E-state index in [0.29, 0.717) is 26.6 Å². The molecule has 0 radical (unpaired) electrons. The van der Waals surface area contributed by atoms with E-state index in [1.165, 1.54) is 0 Å². The number of carbonyl (C=O) groups is 1. The number of benzene rings is 2. The van der Waals surface area contributed by atoms with Gasteiger partial charge >= 0.3 is 5.97 Å². The molecule has 5 heteroatoms. The first kappa shape index (κ1) is 13.9. The van der Waals surface area contributed by atoms with E-state index in [9.17, 15) is 4.79 Å². The maximum absolute atomic E-state index is 11.9. The van der Waals surface area contributed by atoms with Crippen LogP contribution in [0.1, 0.15) is 10.4 Å². The zero-order valence-corrected chi connectivity index (χ0v) is 12.4. The van der Waals surface area contributed by atoms with Crippen LogP contribution in [0.2, 0.25) is 5.02 Å². The highest BCUT2D eigenvalue weighted by Crippen LogP contribution is 2.28. The van der Waals surface area contributed by atoms with Gasteiger partial charge in [-0.15, -0.1) is 0 Å². The fourth-order valence-corrected chi connectivity index (χ4v) is 2.21. The fraction of sp³-hybridized carbons (Fsp3) is 0.0714. The summed E-state index contributed by atoms with van der Waals surface area (Å²) >= 11 is 9.11. The molecular formula is C14H10BrClO3. The van der Waals surface area contributed by atoms with Gasteiger partial charge in [-0.3, -0.25) is 0 Å². The Morgan fingerprint density at radius 3 is 2.42 bits per heavy atom. The molecule has 0 aliphatic carbocycles. The first-order valence-corrected chi connectivity index (χ1v) is 6.58. The second-order valence-corrected chi connectivity index (χ2v) is 4.98. The Labute approximate surface area is 124 Å². The zero-order chi connectivity index (χ0) is 13.8. The summed E-state index contributed by atoms with van der Waals surface area (Å²) in [7, 11) is 1.57. The van der Waals surface area contributed by atoms with E-state index in [-0.39, 0.29) is 0 Å². The first-order valence-electron chi connectivity index (χ1n) is 5.41. The standard InChI is InChI=1S/C14H10BrClO3/c1-18-11-5-2-9(3-6-11)14(17)19-13-7-4-10(16)8-12(13)15/h2-8H,1H3. The molecule has 0 aliphatic heterocycles. The van der Waals surface area contributed by atoms with Crippen molar-refractivity contribution in [2.45, 2.75) is 0 Å². The van der Waals surface area contributed by atoms with Crippen LogP contribution >= 0.6 is 27.5 Å². The second-order valence-electron chi connectivity index (χ2n) is 3.69. The van der Waals surface area contributed by atoms with Crippen molar-refractivity contribution in [1.29, 1.82) is 0 Å². The van der Waals surface area contributed by atoms with Gasteiger partial charge in [0, 0.05) is 5.02 Å². The van der Waals surface area contributed by atoms with Crippen LogP contribution in [0.4, 0.5) is 0 Å². The first-order chi connectivity index (χ1) is 9.10. The predicted octanol–water partition coefficient (Wildman–Crippen LogP) is 4.33. The largest absolute Gasteiger partial charge is 0.497 e. The summed E-state index contributed by atoms with van der Waals surface area (Å²) in [6.07, 6.45) is 0. The van der Waals surface area contributed by atoms with Crippen LogP contribution in [-0.4, -0.2) is 13.1 Å². The van der Waals surface area contributed by atoms with Crippen LogP contribution in [0.5, 0.6) is 11.5 Å². The van der Waals surface area contributed by atoms with E-state index in [0.717, 1.165) is 0 Å². The molecule has 2 rings (SSSR count). The smallest absolute Gasteiger partial charge is 0.343 e. The molecule has 0 amide bonds. The SMILES string of the molecule is COc1ccc(C(=O)Oc2ccc(Cl)cc2Br)cc1. The number of ether oxygens (including phenoxy) is 2. The normalized spacial score (nSPS) is 10.1. The summed E-state index contributed by atoms with van der Waals surface area (Å²) in [5.41, 5.74) is 0.447. The van der Waals surface area contributed by atoms with Gasteiger partial charge in [-0.05, 0) is 58.4 Å². The van der Waals surface area contributed by atoms with Crippen molar-refractivity contribution >= 4 is 33.5 Å². The lowest BCUT2D eigenvalue weighted by molar-refractivity contribution is 0.0733. The average Bonchev–Trinajstić information content (AvgIpc) is 2.42. The maximum Gasteiger partial charge on any atom is 0.343 e. The van der Waals surface area contributed by atoms with Crippen molar-refractivity contribution in [1.82, 2.24) is 0 Å². The molecule has 0 aliphatic rings. The summed E-state index contributed by atoms with van der Waals surface area (Å²) in [4.78, 5) is 11.9. The van der Waals surface area contributed by atoms with E-state index in [1.54, 1.807) is 49.6 Å². The number of hydrogen-bond acceptors (Lipinski definition) is 3. The quantitative estimate of drug-likeness (QED) is 0.616. The molecule has 0 saturated heterocycles. The van der Waals surface area contributed by atoms with E-state index >= 15 is 0 Å². The van der Waals surface area contributed by atoms with Gasteiger partial charge in [0.1, 0.15) is 11.5 Å². The van der Waals surface area contributed by atoms with E-state index < -0.39 is 5.97 Å². The van der Waals surface area contributed by atoms with Gasteiger partial charge in [0.25, 0.3) is 0 Å². The molecule has 0 spiro atoms. The minimum Gasteiger partial charge on any atom is -0.497 e. The van der Waals surface area contributed by atoms with Gasteiger partial charge in [0.05, 0.1) is 17.1 Å². The Morgan fingerprint density at radius 2 is 1.84 bits per heavy atom. The molecule has 0 aromatic heterocycles. The van der Waals surface area contributed by atoms with Gasteiger partial charge in [-0.2, -0.15) is 0 Å². The number of rotatable bonds is 3. The molecular weight excluding hydrogens is 332 g/mol. The summed E-state index contributed by atoms with van der Waals surface area (Å²) < 4.78 is 10.9. The van der Waals surface area contributed by atoms with Crippen molar-refractivity contribution in [3.05, 3.63) is 57.5 Å². The fourth-order valence-electron chi connectivity index (χ4n) is 1.44. The van der Waals surface area contributed by atoms with E-state index in [4.69, 9.17) is 21.1 Å². The van der Waals surface area contributed by atoms with Crippen LogP contribution in [-0.2, 0) is 0 Å². The van der Waals surface area contributed by atoms with Crippen LogP contribution in [0.25, 0.3) is 0 Å². The Balaban J connectivity index is 2.15. The highest BCUT2D eigenvalue weighted by Gasteiger charge is 2.11. The number of esters is 1. The third-order valence-electron chi connectivity index (χ3n) is 2.42. The monoisotopic (exact) mass is 340 g/mol. The molecule has 0 bridgehead atoms. The minimum atomic E-state index is -0.439. The summed E-state index contributed by atoms with van der Waals surface area (Å²) in [5, 5.41) is 0.566. The van der Waals surface area contributed by atoms with Gasteiger partial charge in [-0.1, -0.05) is 11.6 Å². The molecule has 2 aromatic rings. The minimum absolute atomic E-state index is 0.421. The molecule has 98 valence electrons. The lowest BCUT2D eigenvalue weighted by Gasteiger charge is -2.07. The van der Waals surface area contributed by atoms with Crippen molar-refractivity contribution in [2.24, 2.45) is 0 Å². The van der Waals surface area contributed by atoms with Crippen molar-refractivity contribution in [2.75, 3.05) is 7.11 Å². The van der Waals surface area contributed by atoms with Crippen LogP contribution in [0, 0.1) is 0 Å². The van der Waals surface area contributed by atoms with Crippen molar-refractivity contribution < 1.29 is 14.3 Å². The van der Waals surface area contributed by atoms with Crippen LogP contribution < -0.4 is 9.47 Å². The third kappa shape index (κ3) is 3.49. The predicted molar refractivity (Wildman–Crippen MR) is 77.1 cm³/mol. The Kier molecular flexibility index (Phi) is 4.45. The molecule has 19 heavy (non-hydrogen) atoms. The molecule has 0 atom stereocenters. The van der Waals surface area contributed by atoms with Crippen LogP contribution in [0.15, 0.2) is 46.9 Å². The molecule has 0 N–H and O–H groups in total. The Morgan fingerprint density at radius 1 is 1.16 bits per heavy atom. The van der Waals surface area contributed by atoms with E-state index in [1.807, 2.05) is 0 Å². The molecule has 0 saturated carbocycles. The lowest BCUT2D eigenvalue weighted by atomic mass is 10.2. The summed E-state index contributed by atoms with van der Waals surface area (Å²) in [6.45, 7) is 0. The molecule has 2 aromatic carbocycles. The highest BCUT2D eigenvalue weighted by atomic mass is 79.9. The third-order valence-corrected chi connectivity index (χ3v) is 3.28. The van der Waals surface area contributed by atoms with Crippen LogP contribution in [0.3, 0.4) is 0 Å². The molecule has 0 heterocycles. The molecule has 0 unspecified atom stereocenters. The second kappa shape index (κ2) is 6.08. The highest BCUT2D eigenvalue weighted by molar-refractivity contribution is 9.10. The number of hydrogen-bond donors (Lipinski definition) is 0. The number of halogens is 2. The van der Waals surface area contributed by atoms with Gasteiger partial charge in [0.15, 0.2) is 0 Å². The average molecular weight is 342 g/mol. The summed E-state index contributed by atoms with van der Waals surface area (Å²) in [5.74, 6) is 0.667.